The zero-order valence-electron chi connectivity index (χ0n) is 18.8. The van der Waals surface area contributed by atoms with Crippen LogP contribution < -0.4 is 10.1 Å². The molecule has 2 aromatic heterocycles. The van der Waals surface area contributed by atoms with Crippen molar-refractivity contribution in [3.63, 3.8) is 0 Å². The Balaban J connectivity index is 1.40. The number of aromatic nitrogens is 3. The fraction of sp³-hybridized carbons (Fsp3) is 0.333. The number of anilines is 1. The number of ether oxygens (including phenoxy) is 1. The lowest BCUT2D eigenvalue weighted by Gasteiger charge is -2.33. The van der Waals surface area contributed by atoms with Crippen molar-refractivity contribution in [2.75, 3.05) is 18.4 Å². The molecule has 166 valence electrons. The SMILES string of the molecule is Cc1cnc(Oc2cccc(C=C3CCN(C(=O)Nc4noc(C)c4C)CC3C)c2)nc1. The second kappa shape index (κ2) is 9.21. The highest BCUT2D eigenvalue weighted by molar-refractivity contribution is 5.89. The van der Waals surface area contributed by atoms with Crippen LogP contribution in [-0.4, -0.2) is 39.1 Å². The smallest absolute Gasteiger partial charge is 0.323 e. The molecule has 0 radical (unpaired) electrons. The van der Waals surface area contributed by atoms with Gasteiger partial charge in [-0.25, -0.2) is 14.8 Å². The van der Waals surface area contributed by atoms with Gasteiger partial charge < -0.3 is 14.2 Å². The Hall–Kier alpha value is -3.68. The molecule has 3 heterocycles. The van der Waals surface area contributed by atoms with E-state index in [1.165, 1.54) is 5.57 Å². The summed E-state index contributed by atoms with van der Waals surface area (Å²) in [5.74, 6) is 2.11. The van der Waals surface area contributed by atoms with Crippen LogP contribution in [0.25, 0.3) is 6.08 Å². The first-order valence-corrected chi connectivity index (χ1v) is 10.6. The molecular formula is C24H27N5O3. The van der Waals surface area contributed by atoms with E-state index in [2.05, 4.69) is 33.4 Å². The number of benzene rings is 1. The molecule has 0 spiro atoms. The van der Waals surface area contributed by atoms with E-state index in [9.17, 15) is 4.79 Å². The summed E-state index contributed by atoms with van der Waals surface area (Å²) < 4.78 is 10.9. The number of hydrogen-bond donors (Lipinski definition) is 1. The number of hydrogen-bond acceptors (Lipinski definition) is 6. The maximum atomic E-state index is 12.7. The highest BCUT2D eigenvalue weighted by Crippen LogP contribution is 2.27. The summed E-state index contributed by atoms with van der Waals surface area (Å²) in [6.07, 6.45) is 6.43. The Kier molecular flexibility index (Phi) is 6.20. The number of rotatable bonds is 4. The van der Waals surface area contributed by atoms with E-state index >= 15 is 0 Å². The lowest BCUT2D eigenvalue weighted by Crippen LogP contribution is -2.42. The third kappa shape index (κ3) is 4.96. The Morgan fingerprint density at radius 2 is 2.03 bits per heavy atom. The molecule has 2 amide bonds. The number of nitrogens with zero attached hydrogens (tertiary/aromatic N) is 4. The first-order valence-electron chi connectivity index (χ1n) is 10.6. The quantitative estimate of drug-likeness (QED) is 0.612. The topological polar surface area (TPSA) is 93.4 Å². The number of carbonyl (C=O) groups is 1. The molecule has 1 saturated heterocycles. The summed E-state index contributed by atoms with van der Waals surface area (Å²) in [4.78, 5) is 22.9. The summed E-state index contributed by atoms with van der Waals surface area (Å²) >= 11 is 0. The van der Waals surface area contributed by atoms with Gasteiger partial charge in [-0.1, -0.05) is 35.9 Å². The monoisotopic (exact) mass is 433 g/mol. The molecule has 0 bridgehead atoms. The molecule has 3 aromatic rings. The molecule has 0 saturated carbocycles. The first-order chi connectivity index (χ1) is 15.4. The van der Waals surface area contributed by atoms with Crippen LogP contribution >= 0.6 is 0 Å². The first kappa shape index (κ1) is 21.5. The molecule has 0 aliphatic carbocycles. The predicted molar refractivity (Wildman–Crippen MR) is 122 cm³/mol. The molecule has 1 unspecified atom stereocenters. The van der Waals surface area contributed by atoms with Crippen LogP contribution in [0.2, 0.25) is 0 Å². The van der Waals surface area contributed by atoms with Gasteiger partial charge in [0.15, 0.2) is 5.82 Å². The molecule has 1 aliphatic rings. The molecule has 1 fully saturated rings. The molecule has 1 aliphatic heterocycles. The van der Waals surface area contributed by atoms with Crippen LogP contribution in [0.1, 0.15) is 35.8 Å². The normalized spacial score (nSPS) is 17.4. The Morgan fingerprint density at radius 3 is 2.72 bits per heavy atom. The summed E-state index contributed by atoms with van der Waals surface area (Å²) in [6, 6.07) is 8.02. The fourth-order valence-electron chi connectivity index (χ4n) is 3.58. The van der Waals surface area contributed by atoms with Crippen LogP contribution in [0.3, 0.4) is 0 Å². The highest BCUT2D eigenvalue weighted by Gasteiger charge is 2.25. The van der Waals surface area contributed by atoms with E-state index in [-0.39, 0.29) is 11.9 Å². The van der Waals surface area contributed by atoms with E-state index in [1.54, 1.807) is 12.4 Å². The summed E-state index contributed by atoms with van der Waals surface area (Å²) in [5, 5.41) is 6.77. The number of nitrogens with one attached hydrogen (secondary N) is 1. The molecule has 4 rings (SSSR count). The lowest BCUT2D eigenvalue weighted by atomic mass is 9.91. The van der Waals surface area contributed by atoms with E-state index in [1.807, 2.05) is 49.9 Å². The van der Waals surface area contributed by atoms with Crippen molar-refractivity contribution < 1.29 is 14.1 Å². The zero-order chi connectivity index (χ0) is 22.7. The second-order valence-electron chi connectivity index (χ2n) is 8.18. The van der Waals surface area contributed by atoms with Gasteiger partial charge in [-0.2, -0.15) is 0 Å². The van der Waals surface area contributed by atoms with Gasteiger partial charge in [0.2, 0.25) is 0 Å². The van der Waals surface area contributed by atoms with Crippen molar-refractivity contribution in [3.8, 4) is 11.8 Å². The van der Waals surface area contributed by atoms with Gasteiger partial charge in [0.05, 0.1) is 0 Å². The summed E-state index contributed by atoms with van der Waals surface area (Å²) in [7, 11) is 0. The average Bonchev–Trinajstić information content (AvgIpc) is 3.09. The predicted octanol–water partition coefficient (Wildman–Crippen LogP) is 5.14. The van der Waals surface area contributed by atoms with Gasteiger partial charge in [-0.15, -0.1) is 0 Å². The molecule has 1 aromatic carbocycles. The zero-order valence-corrected chi connectivity index (χ0v) is 18.8. The van der Waals surface area contributed by atoms with Gasteiger partial charge in [0.1, 0.15) is 11.5 Å². The highest BCUT2D eigenvalue weighted by atomic mass is 16.5. The minimum Gasteiger partial charge on any atom is -0.424 e. The number of carbonyl (C=O) groups excluding carboxylic acids is 1. The van der Waals surface area contributed by atoms with Crippen molar-refractivity contribution in [2.24, 2.45) is 5.92 Å². The Morgan fingerprint density at radius 1 is 1.25 bits per heavy atom. The maximum Gasteiger partial charge on any atom is 0.323 e. The molecule has 32 heavy (non-hydrogen) atoms. The Labute approximate surface area is 187 Å². The van der Waals surface area contributed by atoms with Crippen molar-refractivity contribution in [2.45, 2.75) is 34.1 Å². The third-order valence-electron chi connectivity index (χ3n) is 5.64. The molecule has 8 nitrogen and oxygen atoms in total. The van der Waals surface area contributed by atoms with Gasteiger partial charge in [-0.3, -0.25) is 5.32 Å². The van der Waals surface area contributed by atoms with Crippen molar-refractivity contribution in [1.82, 2.24) is 20.0 Å². The van der Waals surface area contributed by atoms with Gasteiger partial charge in [0.25, 0.3) is 0 Å². The van der Waals surface area contributed by atoms with Crippen LogP contribution in [0.5, 0.6) is 11.8 Å². The molecule has 1 atom stereocenters. The van der Waals surface area contributed by atoms with Gasteiger partial charge in [0, 0.05) is 31.0 Å². The van der Waals surface area contributed by atoms with Crippen molar-refractivity contribution >= 4 is 17.9 Å². The number of urea groups is 1. The van der Waals surface area contributed by atoms with E-state index in [4.69, 9.17) is 9.26 Å². The molecule has 1 N–H and O–H groups in total. The lowest BCUT2D eigenvalue weighted by molar-refractivity contribution is 0.197. The summed E-state index contributed by atoms with van der Waals surface area (Å²) in [5.41, 5.74) is 4.17. The van der Waals surface area contributed by atoms with Crippen LogP contribution in [0.15, 0.2) is 46.8 Å². The third-order valence-corrected chi connectivity index (χ3v) is 5.64. The number of amides is 2. The standard InChI is InChI=1S/C24H27N5O3/c1-15-12-25-23(26-13-15)31-21-7-5-6-19(11-21)10-20-8-9-29(14-16(20)2)24(30)27-22-17(3)18(4)32-28-22/h5-7,10-13,16H,8-9,14H2,1-4H3,(H,27,28,30). The van der Waals surface area contributed by atoms with Crippen molar-refractivity contribution in [1.29, 1.82) is 0 Å². The van der Waals surface area contributed by atoms with Crippen molar-refractivity contribution in [3.05, 3.63) is 64.7 Å². The number of piperidine rings is 1. The molecular weight excluding hydrogens is 406 g/mol. The fourth-order valence-corrected chi connectivity index (χ4v) is 3.58. The van der Waals surface area contributed by atoms with E-state index in [0.29, 0.717) is 36.4 Å². The van der Waals surface area contributed by atoms with Crippen LogP contribution in [-0.2, 0) is 0 Å². The summed E-state index contributed by atoms with van der Waals surface area (Å²) in [6.45, 7) is 9.06. The van der Waals surface area contributed by atoms with Crippen LogP contribution in [0.4, 0.5) is 10.6 Å². The largest absolute Gasteiger partial charge is 0.424 e. The average molecular weight is 434 g/mol. The number of likely N-dealkylation sites (tertiary alicyclic amines) is 1. The molecule has 8 heteroatoms. The Bertz CT molecular complexity index is 1140. The van der Waals surface area contributed by atoms with Gasteiger partial charge >= 0.3 is 12.0 Å². The maximum absolute atomic E-state index is 12.7. The minimum absolute atomic E-state index is 0.152. The van der Waals surface area contributed by atoms with Gasteiger partial charge in [-0.05, 0) is 56.4 Å². The van der Waals surface area contributed by atoms with Crippen LogP contribution in [0, 0.1) is 26.7 Å². The second-order valence-corrected chi connectivity index (χ2v) is 8.18. The van der Waals surface area contributed by atoms with E-state index < -0.39 is 0 Å². The minimum atomic E-state index is -0.152. The number of aryl methyl sites for hydroxylation is 2. The van der Waals surface area contributed by atoms with E-state index in [0.717, 1.165) is 23.1 Å².